The van der Waals surface area contributed by atoms with Gasteiger partial charge in [-0.05, 0) is 32.2 Å². The number of aliphatic hydroxyl groups excluding tert-OH is 1. The van der Waals surface area contributed by atoms with Gasteiger partial charge in [-0.3, -0.25) is 9.78 Å². The van der Waals surface area contributed by atoms with Crippen molar-refractivity contribution in [2.75, 3.05) is 12.9 Å². The van der Waals surface area contributed by atoms with Gasteiger partial charge in [-0.15, -0.1) is 18.2 Å². The number of benzene rings is 1. The van der Waals surface area contributed by atoms with Crippen LogP contribution in [0.1, 0.15) is 25.8 Å². The van der Waals surface area contributed by atoms with Crippen LogP contribution >= 0.6 is 11.8 Å². The monoisotopic (exact) mass is 400 g/mol. The zero-order chi connectivity index (χ0) is 20.7. The molecule has 0 spiro atoms. The molecular formula is C21H21FN2O3S. The van der Waals surface area contributed by atoms with E-state index < -0.39 is 22.7 Å². The topological polar surface area (TPSA) is 71.5 Å². The third kappa shape index (κ3) is 5.63. The molecule has 1 atom stereocenters. The van der Waals surface area contributed by atoms with Crippen LogP contribution in [0.4, 0.5) is 4.39 Å². The molecule has 0 fully saturated rings. The van der Waals surface area contributed by atoms with Gasteiger partial charge in [-0.25, -0.2) is 4.39 Å². The first-order chi connectivity index (χ1) is 13.3. The number of fused-ring (bicyclic) bond motifs is 1. The zero-order valence-electron chi connectivity index (χ0n) is 15.9. The third-order valence-corrected chi connectivity index (χ3v) is 4.38. The third-order valence-electron chi connectivity index (χ3n) is 3.64. The molecule has 2 N–H and O–H groups in total. The Morgan fingerprint density at radius 2 is 2.21 bits per heavy atom. The van der Waals surface area contributed by atoms with Crippen molar-refractivity contribution in [3.05, 3.63) is 35.8 Å². The van der Waals surface area contributed by atoms with Crippen LogP contribution in [0.15, 0.2) is 24.4 Å². The number of pyridine rings is 1. The Hall–Kier alpha value is -2.74. The number of hydrogen-bond acceptors (Lipinski definition) is 5. The minimum Gasteiger partial charge on any atom is -0.467 e. The summed E-state index contributed by atoms with van der Waals surface area (Å²) in [4.78, 5) is 16.7. The number of carbonyl (C=O) groups excluding carboxylic acids is 1. The van der Waals surface area contributed by atoms with Crippen molar-refractivity contribution in [2.45, 2.75) is 31.2 Å². The van der Waals surface area contributed by atoms with Crippen LogP contribution in [0, 0.1) is 30.0 Å². The molecule has 7 heteroatoms. The predicted octanol–water partition coefficient (Wildman–Crippen LogP) is 2.70. The molecule has 0 aliphatic carbocycles. The van der Waals surface area contributed by atoms with E-state index in [0.29, 0.717) is 22.9 Å². The normalized spacial score (nSPS) is 11.9. The van der Waals surface area contributed by atoms with Crippen molar-refractivity contribution in [2.24, 2.45) is 0 Å². The second-order valence-corrected chi connectivity index (χ2v) is 7.32. The minimum absolute atomic E-state index is 0.0505. The van der Waals surface area contributed by atoms with Crippen molar-refractivity contribution in [1.29, 1.82) is 0 Å². The number of aromatic nitrogens is 1. The number of rotatable bonds is 6. The van der Waals surface area contributed by atoms with Crippen LogP contribution in [0.25, 0.3) is 10.9 Å². The van der Waals surface area contributed by atoms with Crippen LogP contribution < -0.4 is 10.1 Å². The highest BCUT2D eigenvalue weighted by atomic mass is 32.2. The van der Waals surface area contributed by atoms with E-state index in [9.17, 15) is 9.18 Å². The van der Waals surface area contributed by atoms with Crippen LogP contribution in [0.5, 0.6) is 5.75 Å². The number of terminal acetylenes is 1. The lowest BCUT2D eigenvalue weighted by Crippen LogP contribution is -2.47. The number of aliphatic hydroxyl groups is 1. The first-order valence-electron chi connectivity index (χ1n) is 8.48. The highest BCUT2D eigenvalue weighted by molar-refractivity contribution is 7.99. The van der Waals surface area contributed by atoms with Crippen molar-refractivity contribution in [3.63, 3.8) is 0 Å². The summed E-state index contributed by atoms with van der Waals surface area (Å²) in [6.07, 6.45) is 8.87. The largest absolute Gasteiger partial charge is 0.467 e. The predicted molar refractivity (Wildman–Crippen MR) is 109 cm³/mol. The molecule has 0 saturated carbocycles. The highest BCUT2D eigenvalue weighted by Crippen LogP contribution is 2.27. The van der Waals surface area contributed by atoms with E-state index in [1.54, 1.807) is 26.2 Å². The molecule has 146 valence electrons. The molecule has 0 aliphatic heterocycles. The van der Waals surface area contributed by atoms with Crippen LogP contribution in [0.3, 0.4) is 0 Å². The summed E-state index contributed by atoms with van der Waals surface area (Å²) in [5, 5.41) is 12.2. The first-order valence-corrected chi connectivity index (χ1v) is 9.76. The fourth-order valence-electron chi connectivity index (χ4n) is 2.36. The molecule has 0 saturated heterocycles. The SMILES string of the molecule is C#Cc1cnc2cc(F)c(OC(SC)C(=O)NC(C)(C)C#CCCO)cc2c1. The fraction of sp³-hybridized carbons (Fsp3) is 0.333. The van der Waals surface area contributed by atoms with E-state index in [4.69, 9.17) is 16.3 Å². The lowest BCUT2D eigenvalue weighted by Gasteiger charge is -2.24. The van der Waals surface area contributed by atoms with Crippen molar-refractivity contribution >= 4 is 28.6 Å². The van der Waals surface area contributed by atoms with Gasteiger partial charge in [0.15, 0.2) is 11.6 Å². The molecule has 1 amide bonds. The van der Waals surface area contributed by atoms with Gasteiger partial charge in [-0.1, -0.05) is 17.8 Å². The van der Waals surface area contributed by atoms with Gasteiger partial charge in [0.05, 0.1) is 17.7 Å². The van der Waals surface area contributed by atoms with Gasteiger partial charge in [-0.2, -0.15) is 0 Å². The fourth-order valence-corrected chi connectivity index (χ4v) is 2.83. The second kappa shape index (κ2) is 9.45. The molecular weight excluding hydrogens is 379 g/mol. The highest BCUT2D eigenvalue weighted by Gasteiger charge is 2.26. The maximum Gasteiger partial charge on any atom is 0.272 e. The molecule has 1 unspecified atom stereocenters. The Labute approximate surface area is 168 Å². The molecule has 0 bridgehead atoms. The number of hydrogen-bond donors (Lipinski definition) is 2. The molecule has 28 heavy (non-hydrogen) atoms. The van der Waals surface area contributed by atoms with Gasteiger partial charge in [0.25, 0.3) is 5.91 Å². The Morgan fingerprint density at radius 1 is 1.46 bits per heavy atom. The van der Waals surface area contributed by atoms with E-state index >= 15 is 0 Å². The van der Waals surface area contributed by atoms with E-state index in [-0.39, 0.29) is 12.4 Å². The quantitative estimate of drug-likeness (QED) is 0.576. The van der Waals surface area contributed by atoms with Crippen molar-refractivity contribution in [1.82, 2.24) is 10.3 Å². The summed E-state index contributed by atoms with van der Waals surface area (Å²) in [5.41, 5.74) is -0.798. The minimum atomic E-state index is -0.977. The number of nitrogens with one attached hydrogen (secondary N) is 1. The van der Waals surface area contributed by atoms with Crippen LogP contribution in [-0.4, -0.2) is 39.8 Å². The number of nitrogens with zero attached hydrogens (tertiary/aromatic N) is 1. The van der Waals surface area contributed by atoms with Crippen LogP contribution in [0.2, 0.25) is 0 Å². The Bertz CT molecular complexity index is 973. The molecule has 5 nitrogen and oxygen atoms in total. The summed E-state index contributed by atoms with van der Waals surface area (Å²) in [6, 6.07) is 4.41. The molecule has 1 heterocycles. The van der Waals surface area contributed by atoms with Gasteiger partial charge in [0.1, 0.15) is 0 Å². The molecule has 0 radical (unpaired) electrons. The van der Waals surface area contributed by atoms with Gasteiger partial charge in [0, 0.05) is 29.6 Å². The average Bonchev–Trinajstić information content (AvgIpc) is 2.65. The molecule has 1 aromatic carbocycles. The Morgan fingerprint density at radius 3 is 2.86 bits per heavy atom. The smallest absolute Gasteiger partial charge is 0.272 e. The average molecular weight is 400 g/mol. The van der Waals surface area contributed by atoms with Crippen molar-refractivity contribution < 1.29 is 19.0 Å². The number of ether oxygens (including phenoxy) is 1. The Balaban J connectivity index is 2.22. The van der Waals surface area contributed by atoms with E-state index in [1.807, 2.05) is 0 Å². The number of amides is 1. The summed E-state index contributed by atoms with van der Waals surface area (Å²) in [6.45, 7) is 3.41. The Kier molecular flexibility index (Phi) is 7.28. The molecule has 0 aliphatic rings. The maximum absolute atomic E-state index is 14.4. The first kappa shape index (κ1) is 21.6. The van der Waals surface area contributed by atoms with E-state index in [2.05, 4.69) is 28.1 Å². The lowest BCUT2D eigenvalue weighted by molar-refractivity contribution is -0.125. The van der Waals surface area contributed by atoms with Gasteiger partial charge < -0.3 is 15.2 Å². The number of halogens is 1. The zero-order valence-corrected chi connectivity index (χ0v) is 16.7. The summed E-state index contributed by atoms with van der Waals surface area (Å²) in [5.74, 6) is 7.00. The van der Waals surface area contributed by atoms with E-state index in [0.717, 1.165) is 11.8 Å². The van der Waals surface area contributed by atoms with Crippen molar-refractivity contribution in [3.8, 4) is 29.9 Å². The standard InChI is InChI=1S/C21H21FN2O3S/c1-5-14-10-15-11-18(16(22)12-17(15)23-13-14)27-20(28-4)19(26)24-21(2,3)8-6-7-9-25/h1,10-13,20,25H,7,9H2,2-4H3,(H,24,26). The van der Waals surface area contributed by atoms with E-state index in [1.165, 1.54) is 18.3 Å². The van der Waals surface area contributed by atoms with Gasteiger partial charge in [0.2, 0.25) is 5.44 Å². The summed E-state index contributed by atoms with van der Waals surface area (Å²) in [7, 11) is 0. The summed E-state index contributed by atoms with van der Waals surface area (Å²) < 4.78 is 20.0. The second-order valence-electron chi connectivity index (χ2n) is 6.42. The maximum atomic E-state index is 14.4. The molecule has 1 aromatic heterocycles. The molecule has 2 rings (SSSR count). The van der Waals surface area contributed by atoms with Crippen LogP contribution in [-0.2, 0) is 4.79 Å². The number of carbonyl (C=O) groups is 1. The lowest BCUT2D eigenvalue weighted by atomic mass is 10.1. The summed E-state index contributed by atoms with van der Waals surface area (Å²) >= 11 is 1.13. The number of thioether (sulfide) groups is 1. The van der Waals surface area contributed by atoms with Gasteiger partial charge >= 0.3 is 0 Å². The molecule has 2 aromatic rings.